The summed E-state index contributed by atoms with van der Waals surface area (Å²) in [6.07, 6.45) is 3.55. The first kappa shape index (κ1) is 13.6. The lowest BCUT2D eigenvalue weighted by Crippen LogP contribution is -2.09. The lowest BCUT2D eigenvalue weighted by atomic mass is 10.2. The van der Waals surface area contributed by atoms with Gasteiger partial charge in [-0.15, -0.1) is 0 Å². The maximum Gasteiger partial charge on any atom is 0.259 e. The Bertz CT molecular complexity index is 900. The van der Waals surface area contributed by atoms with Gasteiger partial charge < -0.3 is 10.1 Å². The highest BCUT2D eigenvalue weighted by Gasteiger charge is 2.01. The molecule has 2 aromatic carbocycles. The molecule has 1 aromatic heterocycles. The summed E-state index contributed by atoms with van der Waals surface area (Å²) in [5, 5.41) is 10.0. The van der Waals surface area contributed by atoms with Gasteiger partial charge in [0.05, 0.1) is 15.4 Å². The van der Waals surface area contributed by atoms with Crippen LogP contribution >= 0.6 is 15.9 Å². The number of aromatic amines is 1. The Morgan fingerprint density at radius 2 is 1.95 bits per heavy atom. The standard InChI is InChI=1S/C16H11BrN2O2/c17-12-9-10(5-7-14(12)20)6-8-15-18-13-4-2-1-3-11(13)16(21)19-15/h1-9,20H,(H,18,19,21)/b8-6+. The van der Waals surface area contributed by atoms with Crippen LogP contribution in [0.4, 0.5) is 0 Å². The van der Waals surface area contributed by atoms with E-state index in [4.69, 9.17) is 0 Å². The molecule has 21 heavy (non-hydrogen) atoms. The van der Waals surface area contributed by atoms with Crippen LogP contribution < -0.4 is 5.56 Å². The lowest BCUT2D eigenvalue weighted by Gasteiger charge is -2.00. The van der Waals surface area contributed by atoms with E-state index in [0.717, 1.165) is 5.56 Å². The number of hydrogen-bond acceptors (Lipinski definition) is 3. The molecule has 4 nitrogen and oxygen atoms in total. The normalized spacial score (nSPS) is 11.3. The van der Waals surface area contributed by atoms with Crippen molar-refractivity contribution in [3.05, 3.63) is 68.7 Å². The molecule has 3 rings (SSSR count). The number of benzene rings is 2. The van der Waals surface area contributed by atoms with Crippen molar-refractivity contribution >= 4 is 39.0 Å². The second-order valence-corrected chi connectivity index (χ2v) is 5.37. The van der Waals surface area contributed by atoms with Crippen molar-refractivity contribution in [1.82, 2.24) is 9.97 Å². The Morgan fingerprint density at radius 3 is 2.76 bits per heavy atom. The van der Waals surface area contributed by atoms with Gasteiger partial charge in [0, 0.05) is 0 Å². The summed E-state index contributed by atoms with van der Waals surface area (Å²) in [6, 6.07) is 12.4. The van der Waals surface area contributed by atoms with Gasteiger partial charge in [-0.2, -0.15) is 0 Å². The molecule has 0 atom stereocenters. The first-order valence-electron chi connectivity index (χ1n) is 6.29. The van der Waals surface area contributed by atoms with Crippen molar-refractivity contribution in [1.29, 1.82) is 0 Å². The zero-order valence-electron chi connectivity index (χ0n) is 10.9. The van der Waals surface area contributed by atoms with Gasteiger partial charge in [0.15, 0.2) is 0 Å². The third-order valence-electron chi connectivity index (χ3n) is 3.04. The molecule has 0 aliphatic heterocycles. The van der Waals surface area contributed by atoms with Crippen LogP contribution in [0.5, 0.6) is 5.75 Å². The van der Waals surface area contributed by atoms with Crippen molar-refractivity contribution in [3.63, 3.8) is 0 Å². The van der Waals surface area contributed by atoms with Gasteiger partial charge >= 0.3 is 0 Å². The average molecular weight is 343 g/mol. The molecule has 0 saturated heterocycles. The van der Waals surface area contributed by atoms with Gasteiger partial charge in [0.2, 0.25) is 0 Å². The first-order chi connectivity index (χ1) is 10.1. The van der Waals surface area contributed by atoms with E-state index in [1.807, 2.05) is 18.2 Å². The molecule has 3 aromatic rings. The molecule has 0 saturated carbocycles. The predicted molar refractivity (Wildman–Crippen MR) is 87.1 cm³/mol. The minimum Gasteiger partial charge on any atom is -0.507 e. The Balaban J connectivity index is 1.99. The summed E-state index contributed by atoms with van der Waals surface area (Å²) in [6.45, 7) is 0. The Kier molecular flexibility index (Phi) is 3.58. The molecule has 0 aliphatic carbocycles. The van der Waals surface area contributed by atoms with Crippen molar-refractivity contribution < 1.29 is 5.11 Å². The SMILES string of the molecule is O=c1[nH]c(/C=C/c2ccc(O)c(Br)c2)nc2ccccc12. The van der Waals surface area contributed by atoms with E-state index < -0.39 is 0 Å². The molecular formula is C16H11BrN2O2. The molecule has 0 radical (unpaired) electrons. The van der Waals surface area contributed by atoms with Crippen LogP contribution in [-0.2, 0) is 0 Å². The summed E-state index contributed by atoms with van der Waals surface area (Å²) in [5.74, 6) is 0.673. The van der Waals surface area contributed by atoms with Gasteiger partial charge in [-0.25, -0.2) is 4.98 Å². The fourth-order valence-corrected chi connectivity index (χ4v) is 2.38. The summed E-state index contributed by atoms with van der Waals surface area (Å²) in [5.41, 5.74) is 1.38. The monoisotopic (exact) mass is 342 g/mol. The second kappa shape index (κ2) is 5.54. The van der Waals surface area contributed by atoms with Crippen LogP contribution in [-0.4, -0.2) is 15.1 Å². The molecule has 0 unspecified atom stereocenters. The van der Waals surface area contributed by atoms with Crippen molar-refractivity contribution in [2.24, 2.45) is 0 Å². The minimum absolute atomic E-state index is 0.160. The van der Waals surface area contributed by atoms with Crippen LogP contribution in [0.2, 0.25) is 0 Å². The number of nitrogens with one attached hydrogen (secondary N) is 1. The van der Waals surface area contributed by atoms with Gasteiger partial charge in [0.25, 0.3) is 5.56 Å². The molecule has 0 bridgehead atoms. The molecule has 1 heterocycles. The Morgan fingerprint density at radius 1 is 1.14 bits per heavy atom. The Labute approximate surface area is 128 Å². The highest BCUT2D eigenvalue weighted by Crippen LogP contribution is 2.25. The van der Waals surface area contributed by atoms with E-state index in [2.05, 4.69) is 25.9 Å². The summed E-state index contributed by atoms with van der Waals surface area (Å²) >= 11 is 3.26. The first-order valence-corrected chi connectivity index (χ1v) is 7.08. The number of aromatic hydroxyl groups is 1. The van der Waals surface area contributed by atoms with Gasteiger partial charge in [0.1, 0.15) is 11.6 Å². The molecule has 0 amide bonds. The fourth-order valence-electron chi connectivity index (χ4n) is 1.99. The Hall–Kier alpha value is -2.40. The van der Waals surface area contributed by atoms with Crippen molar-refractivity contribution in [3.8, 4) is 5.75 Å². The number of para-hydroxylation sites is 1. The maximum atomic E-state index is 11.9. The highest BCUT2D eigenvalue weighted by atomic mass is 79.9. The van der Waals surface area contributed by atoms with Crippen LogP contribution in [0.25, 0.3) is 23.1 Å². The van der Waals surface area contributed by atoms with Crippen LogP contribution in [0, 0.1) is 0 Å². The summed E-state index contributed by atoms with van der Waals surface area (Å²) < 4.78 is 0.615. The molecule has 0 fully saturated rings. The molecule has 104 valence electrons. The van der Waals surface area contributed by atoms with Crippen LogP contribution in [0.15, 0.2) is 51.7 Å². The third kappa shape index (κ3) is 2.87. The van der Waals surface area contributed by atoms with Crippen LogP contribution in [0.3, 0.4) is 0 Å². The maximum absolute atomic E-state index is 11.9. The number of hydrogen-bond donors (Lipinski definition) is 2. The van der Waals surface area contributed by atoms with Gasteiger partial charge in [-0.1, -0.05) is 24.3 Å². The van der Waals surface area contributed by atoms with E-state index in [-0.39, 0.29) is 11.3 Å². The van der Waals surface area contributed by atoms with Crippen molar-refractivity contribution in [2.45, 2.75) is 0 Å². The molecule has 5 heteroatoms. The highest BCUT2D eigenvalue weighted by molar-refractivity contribution is 9.10. The molecular weight excluding hydrogens is 332 g/mol. The number of aromatic nitrogens is 2. The zero-order chi connectivity index (χ0) is 14.8. The summed E-state index contributed by atoms with van der Waals surface area (Å²) in [4.78, 5) is 19.1. The smallest absolute Gasteiger partial charge is 0.259 e. The number of fused-ring (bicyclic) bond motifs is 1. The number of nitrogens with zero attached hydrogens (tertiary/aromatic N) is 1. The topological polar surface area (TPSA) is 66.0 Å². The molecule has 0 spiro atoms. The largest absolute Gasteiger partial charge is 0.507 e. The average Bonchev–Trinajstić information content (AvgIpc) is 2.49. The molecule has 2 N–H and O–H groups in total. The van der Waals surface area contributed by atoms with Gasteiger partial charge in [-0.05, 0) is 51.8 Å². The predicted octanol–water partition coefficient (Wildman–Crippen LogP) is 3.56. The van der Waals surface area contributed by atoms with E-state index in [0.29, 0.717) is 21.2 Å². The number of phenolic OH excluding ortho intramolecular Hbond substituents is 1. The zero-order valence-corrected chi connectivity index (χ0v) is 12.5. The quantitative estimate of drug-likeness (QED) is 0.748. The molecule has 0 aliphatic rings. The number of halogens is 1. The van der Waals surface area contributed by atoms with E-state index >= 15 is 0 Å². The summed E-state index contributed by atoms with van der Waals surface area (Å²) in [7, 11) is 0. The van der Waals surface area contributed by atoms with Gasteiger partial charge in [-0.3, -0.25) is 4.79 Å². The fraction of sp³-hybridized carbons (Fsp3) is 0. The van der Waals surface area contributed by atoms with Crippen molar-refractivity contribution in [2.75, 3.05) is 0 Å². The van der Waals surface area contributed by atoms with E-state index in [1.165, 1.54) is 0 Å². The lowest BCUT2D eigenvalue weighted by molar-refractivity contribution is 0.472. The number of H-pyrrole nitrogens is 1. The third-order valence-corrected chi connectivity index (χ3v) is 3.67. The van der Waals surface area contributed by atoms with E-state index in [9.17, 15) is 9.90 Å². The second-order valence-electron chi connectivity index (χ2n) is 4.51. The van der Waals surface area contributed by atoms with Crippen LogP contribution in [0.1, 0.15) is 11.4 Å². The number of phenols is 1. The number of rotatable bonds is 2. The minimum atomic E-state index is -0.160. The van der Waals surface area contributed by atoms with E-state index in [1.54, 1.807) is 36.4 Å².